The van der Waals surface area contributed by atoms with E-state index in [9.17, 15) is 0 Å². The lowest BCUT2D eigenvalue weighted by atomic mass is 10.1. The van der Waals surface area contributed by atoms with Gasteiger partial charge in [0.15, 0.2) is 0 Å². The van der Waals surface area contributed by atoms with Gasteiger partial charge in [-0.3, -0.25) is 4.90 Å². The van der Waals surface area contributed by atoms with E-state index in [2.05, 4.69) is 48.0 Å². The second-order valence-corrected chi connectivity index (χ2v) is 5.46. The molecule has 1 aromatic carbocycles. The predicted molar refractivity (Wildman–Crippen MR) is 76.5 cm³/mol. The Bertz CT molecular complexity index is 361. The summed E-state index contributed by atoms with van der Waals surface area (Å²) in [5.74, 6) is 0. The number of aryl methyl sites for hydroxylation is 1. The quantitative estimate of drug-likeness (QED) is 0.878. The second-order valence-electron chi connectivity index (χ2n) is 5.46. The van der Waals surface area contributed by atoms with Crippen molar-refractivity contribution in [3.05, 3.63) is 35.4 Å². The van der Waals surface area contributed by atoms with Gasteiger partial charge in [-0.1, -0.05) is 29.8 Å². The van der Waals surface area contributed by atoms with Gasteiger partial charge in [0.1, 0.15) is 0 Å². The molecule has 0 radical (unpaired) electrons. The second kappa shape index (κ2) is 6.32. The molecule has 18 heavy (non-hydrogen) atoms. The first-order valence-corrected chi connectivity index (χ1v) is 6.87. The van der Waals surface area contributed by atoms with Gasteiger partial charge in [-0.2, -0.15) is 0 Å². The van der Waals surface area contributed by atoms with Crippen LogP contribution in [0.15, 0.2) is 24.3 Å². The molecule has 0 amide bonds. The molecule has 0 bridgehead atoms. The first-order chi connectivity index (χ1) is 8.69. The number of benzene rings is 1. The summed E-state index contributed by atoms with van der Waals surface area (Å²) in [5.41, 5.74) is 8.65. The molecule has 1 fully saturated rings. The Morgan fingerprint density at radius 3 is 2.61 bits per heavy atom. The van der Waals surface area contributed by atoms with Gasteiger partial charge in [-0.05, 0) is 32.5 Å². The van der Waals surface area contributed by atoms with Crippen LogP contribution in [0.4, 0.5) is 0 Å². The molecule has 1 atom stereocenters. The smallest absolute Gasteiger partial charge is 0.0349 e. The average Bonchev–Trinajstić information content (AvgIpc) is 2.54. The molecule has 3 nitrogen and oxygen atoms in total. The van der Waals surface area contributed by atoms with Gasteiger partial charge in [-0.15, -0.1) is 0 Å². The average molecular weight is 247 g/mol. The predicted octanol–water partition coefficient (Wildman–Crippen LogP) is 1.46. The molecule has 0 aromatic heterocycles. The summed E-state index contributed by atoms with van der Waals surface area (Å²) < 4.78 is 0. The third kappa shape index (κ3) is 3.55. The summed E-state index contributed by atoms with van der Waals surface area (Å²) in [5, 5.41) is 0. The minimum absolute atomic E-state index is 0.485. The monoisotopic (exact) mass is 247 g/mol. The SMILES string of the molecule is Cc1ccc(CN2CCCN(C)CC2CN)cc1. The van der Waals surface area contributed by atoms with Crippen molar-refractivity contribution in [2.45, 2.75) is 25.9 Å². The molecule has 100 valence electrons. The van der Waals surface area contributed by atoms with Crippen molar-refractivity contribution in [2.75, 3.05) is 33.2 Å². The third-order valence-corrected chi connectivity index (χ3v) is 3.80. The van der Waals surface area contributed by atoms with Crippen LogP contribution in [0.25, 0.3) is 0 Å². The van der Waals surface area contributed by atoms with E-state index in [1.54, 1.807) is 0 Å². The molecule has 1 aliphatic heterocycles. The third-order valence-electron chi connectivity index (χ3n) is 3.80. The molecule has 3 heteroatoms. The number of hydrogen-bond acceptors (Lipinski definition) is 3. The maximum Gasteiger partial charge on any atom is 0.0349 e. The summed E-state index contributed by atoms with van der Waals surface area (Å²) >= 11 is 0. The van der Waals surface area contributed by atoms with Crippen molar-refractivity contribution in [3.63, 3.8) is 0 Å². The molecule has 0 spiro atoms. The molecule has 1 aromatic rings. The van der Waals surface area contributed by atoms with Crippen LogP contribution in [-0.4, -0.2) is 49.1 Å². The number of nitrogens with two attached hydrogens (primary N) is 1. The standard InChI is InChI=1S/C15H25N3/c1-13-4-6-14(7-5-13)11-18-9-3-8-17(2)12-15(18)10-16/h4-7,15H,3,8-12,16H2,1-2H3. The molecule has 1 heterocycles. The summed E-state index contributed by atoms with van der Waals surface area (Å²) in [4.78, 5) is 4.93. The van der Waals surface area contributed by atoms with E-state index in [-0.39, 0.29) is 0 Å². The van der Waals surface area contributed by atoms with E-state index in [1.165, 1.54) is 24.1 Å². The van der Waals surface area contributed by atoms with Crippen molar-refractivity contribution in [1.29, 1.82) is 0 Å². The number of rotatable bonds is 3. The number of likely N-dealkylation sites (N-methyl/N-ethyl adjacent to an activating group) is 1. The largest absolute Gasteiger partial charge is 0.329 e. The fourth-order valence-corrected chi connectivity index (χ4v) is 2.65. The molecule has 1 unspecified atom stereocenters. The van der Waals surface area contributed by atoms with Crippen LogP contribution in [0, 0.1) is 6.92 Å². The summed E-state index contributed by atoms with van der Waals surface area (Å²) in [6, 6.07) is 9.33. The van der Waals surface area contributed by atoms with Gasteiger partial charge in [0.25, 0.3) is 0 Å². The Morgan fingerprint density at radius 1 is 1.22 bits per heavy atom. The summed E-state index contributed by atoms with van der Waals surface area (Å²) in [6.07, 6.45) is 1.23. The van der Waals surface area contributed by atoms with E-state index in [0.717, 1.165) is 26.2 Å². The van der Waals surface area contributed by atoms with Crippen LogP contribution >= 0.6 is 0 Å². The Morgan fingerprint density at radius 2 is 1.94 bits per heavy atom. The van der Waals surface area contributed by atoms with Gasteiger partial charge in [0.05, 0.1) is 0 Å². The molecular weight excluding hydrogens is 222 g/mol. The first kappa shape index (κ1) is 13.5. The number of hydrogen-bond donors (Lipinski definition) is 1. The van der Waals surface area contributed by atoms with Crippen molar-refractivity contribution in [2.24, 2.45) is 5.73 Å². The highest BCUT2D eigenvalue weighted by Gasteiger charge is 2.21. The normalized spacial score (nSPS) is 22.9. The van der Waals surface area contributed by atoms with Crippen molar-refractivity contribution in [1.82, 2.24) is 9.80 Å². The minimum Gasteiger partial charge on any atom is -0.329 e. The van der Waals surface area contributed by atoms with E-state index in [0.29, 0.717) is 6.04 Å². The maximum atomic E-state index is 5.93. The first-order valence-electron chi connectivity index (χ1n) is 6.87. The fraction of sp³-hybridized carbons (Fsp3) is 0.600. The van der Waals surface area contributed by atoms with E-state index in [1.807, 2.05) is 0 Å². The Kier molecular flexibility index (Phi) is 4.75. The van der Waals surface area contributed by atoms with Gasteiger partial charge < -0.3 is 10.6 Å². The lowest BCUT2D eigenvalue weighted by Gasteiger charge is -2.30. The van der Waals surface area contributed by atoms with Crippen molar-refractivity contribution in [3.8, 4) is 0 Å². The summed E-state index contributed by atoms with van der Waals surface area (Å²) in [7, 11) is 2.19. The van der Waals surface area contributed by atoms with Crippen LogP contribution in [0.2, 0.25) is 0 Å². The van der Waals surface area contributed by atoms with E-state index in [4.69, 9.17) is 5.73 Å². The maximum absolute atomic E-state index is 5.93. The van der Waals surface area contributed by atoms with Crippen LogP contribution in [0.3, 0.4) is 0 Å². The van der Waals surface area contributed by atoms with Crippen LogP contribution in [0.1, 0.15) is 17.5 Å². The topological polar surface area (TPSA) is 32.5 Å². The van der Waals surface area contributed by atoms with Gasteiger partial charge in [-0.25, -0.2) is 0 Å². The van der Waals surface area contributed by atoms with Crippen LogP contribution in [0.5, 0.6) is 0 Å². The highest BCUT2D eigenvalue weighted by Crippen LogP contribution is 2.13. The molecule has 2 N–H and O–H groups in total. The van der Waals surface area contributed by atoms with Gasteiger partial charge in [0.2, 0.25) is 0 Å². The lowest BCUT2D eigenvalue weighted by molar-refractivity contribution is 0.185. The zero-order valence-electron chi connectivity index (χ0n) is 11.6. The fourth-order valence-electron chi connectivity index (χ4n) is 2.65. The van der Waals surface area contributed by atoms with Crippen molar-refractivity contribution < 1.29 is 0 Å². The highest BCUT2D eigenvalue weighted by molar-refractivity contribution is 5.21. The highest BCUT2D eigenvalue weighted by atomic mass is 15.2. The zero-order chi connectivity index (χ0) is 13.0. The van der Waals surface area contributed by atoms with E-state index >= 15 is 0 Å². The Hall–Kier alpha value is -0.900. The molecule has 2 rings (SSSR count). The van der Waals surface area contributed by atoms with Gasteiger partial charge in [0, 0.05) is 32.2 Å². The lowest BCUT2D eigenvalue weighted by Crippen LogP contribution is -2.44. The molecular formula is C15H25N3. The Labute approximate surface area is 111 Å². The van der Waals surface area contributed by atoms with Crippen molar-refractivity contribution >= 4 is 0 Å². The van der Waals surface area contributed by atoms with Crippen LogP contribution < -0.4 is 5.73 Å². The minimum atomic E-state index is 0.485. The molecule has 1 saturated heterocycles. The summed E-state index contributed by atoms with van der Waals surface area (Å²) in [6.45, 7) is 7.32. The van der Waals surface area contributed by atoms with E-state index < -0.39 is 0 Å². The number of nitrogens with zero attached hydrogens (tertiary/aromatic N) is 2. The van der Waals surface area contributed by atoms with Crippen LogP contribution in [-0.2, 0) is 6.54 Å². The zero-order valence-corrected chi connectivity index (χ0v) is 11.6. The van der Waals surface area contributed by atoms with Gasteiger partial charge >= 0.3 is 0 Å². The Balaban J connectivity index is 2.03. The molecule has 1 aliphatic rings. The molecule has 0 aliphatic carbocycles. The molecule has 0 saturated carbocycles.